The topological polar surface area (TPSA) is 32.3 Å². The number of nitrogens with zero attached hydrogens (tertiary/aromatic N) is 1. The third-order valence-corrected chi connectivity index (χ3v) is 3.77. The van der Waals surface area contributed by atoms with Crippen molar-refractivity contribution in [2.45, 2.75) is 38.3 Å². The Labute approximate surface area is 120 Å². The van der Waals surface area contributed by atoms with Gasteiger partial charge in [0.05, 0.1) is 0 Å². The normalized spacial score (nSPS) is 18.2. The van der Waals surface area contributed by atoms with Crippen LogP contribution in [0.15, 0.2) is 24.3 Å². The molecule has 1 aliphatic heterocycles. The van der Waals surface area contributed by atoms with Gasteiger partial charge in [-0.2, -0.15) is 0 Å². The zero-order chi connectivity index (χ0) is 12.4. The van der Waals surface area contributed by atoms with Crippen molar-refractivity contribution in [3.05, 3.63) is 35.4 Å². The first-order valence-electron chi connectivity index (χ1n) is 6.94. The van der Waals surface area contributed by atoms with E-state index in [2.05, 4.69) is 17.4 Å². The highest BCUT2D eigenvalue weighted by molar-refractivity contribution is 5.94. The number of amides is 1. The summed E-state index contributed by atoms with van der Waals surface area (Å²) in [7, 11) is 0. The number of carbonyl (C=O) groups is 1. The van der Waals surface area contributed by atoms with E-state index in [0.717, 1.165) is 44.1 Å². The lowest BCUT2D eigenvalue weighted by molar-refractivity contribution is 0.0793. The molecule has 104 valence electrons. The molecule has 3 nitrogen and oxygen atoms in total. The highest BCUT2D eigenvalue weighted by Gasteiger charge is 2.21. The largest absolute Gasteiger partial charge is 0.339 e. The molecule has 0 spiro atoms. The Morgan fingerprint density at radius 1 is 1.16 bits per heavy atom. The molecule has 2 aliphatic rings. The Morgan fingerprint density at radius 2 is 1.79 bits per heavy atom. The molecule has 1 N–H and O–H groups in total. The first kappa shape index (κ1) is 14.4. The SMILES string of the molecule is Cl.O=C(c1ccc(CNC2CC2)cc1)N1CCCC1. The van der Waals surface area contributed by atoms with E-state index in [1.807, 2.05) is 17.0 Å². The Hall–Kier alpha value is -1.06. The van der Waals surface area contributed by atoms with Crippen molar-refractivity contribution in [1.29, 1.82) is 0 Å². The van der Waals surface area contributed by atoms with Crippen LogP contribution in [0.4, 0.5) is 0 Å². The number of halogens is 1. The predicted octanol–water partition coefficient (Wildman–Crippen LogP) is 2.60. The lowest BCUT2D eigenvalue weighted by Crippen LogP contribution is -2.27. The number of hydrogen-bond donors (Lipinski definition) is 1. The summed E-state index contributed by atoms with van der Waals surface area (Å²) in [5.74, 6) is 0.189. The van der Waals surface area contributed by atoms with Crippen molar-refractivity contribution in [3.8, 4) is 0 Å². The molecule has 0 bridgehead atoms. The van der Waals surface area contributed by atoms with E-state index in [9.17, 15) is 4.79 Å². The van der Waals surface area contributed by atoms with E-state index >= 15 is 0 Å². The molecular weight excluding hydrogens is 260 g/mol. The molecule has 1 amide bonds. The molecule has 19 heavy (non-hydrogen) atoms. The lowest BCUT2D eigenvalue weighted by atomic mass is 10.1. The van der Waals surface area contributed by atoms with E-state index in [-0.39, 0.29) is 18.3 Å². The van der Waals surface area contributed by atoms with E-state index < -0.39 is 0 Å². The summed E-state index contributed by atoms with van der Waals surface area (Å²) in [6.45, 7) is 2.76. The molecule has 0 unspecified atom stereocenters. The fraction of sp³-hybridized carbons (Fsp3) is 0.533. The van der Waals surface area contributed by atoms with E-state index in [1.54, 1.807) is 0 Å². The maximum absolute atomic E-state index is 12.1. The Kier molecular flexibility index (Phi) is 4.83. The van der Waals surface area contributed by atoms with Gasteiger partial charge in [0, 0.05) is 31.2 Å². The fourth-order valence-electron chi connectivity index (χ4n) is 2.42. The van der Waals surface area contributed by atoms with Crippen LogP contribution in [0.2, 0.25) is 0 Å². The highest BCUT2D eigenvalue weighted by Crippen LogP contribution is 2.19. The number of hydrogen-bond acceptors (Lipinski definition) is 2. The van der Waals surface area contributed by atoms with Gasteiger partial charge >= 0.3 is 0 Å². The third-order valence-electron chi connectivity index (χ3n) is 3.77. The number of carbonyl (C=O) groups excluding carboxylic acids is 1. The van der Waals surface area contributed by atoms with Crippen molar-refractivity contribution in [3.63, 3.8) is 0 Å². The highest BCUT2D eigenvalue weighted by atomic mass is 35.5. The number of benzene rings is 1. The van der Waals surface area contributed by atoms with Gasteiger partial charge in [-0.15, -0.1) is 12.4 Å². The summed E-state index contributed by atoms with van der Waals surface area (Å²) >= 11 is 0. The molecule has 4 heteroatoms. The summed E-state index contributed by atoms with van der Waals surface area (Å²) in [5, 5.41) is 3.48. The van der Waals surface area contributed by atoms with Crippen LogP contribution in [0.5, 0.6) is 0 Å². The van der Waals surface area contributed by atoms with E-state index in [0.29, 0.717) is 0 Å². The molecule has 1 saturated carbocycles. The van der Waals surface area contributed by atoms with E-state index in [4.69, 9.17) is 0 Å². The van der Waals surface area contributed by atoms with Gasteiger partial charge in [0.15, 0.2) is 0 Å². The summed E-state index contributed by atoms with van der Waals surface area (Å²) in [4.78, 5) is 14.1. The van der Waals surface area contributed by atoms with Crippen molar-refractivity contribution in [1.82, 2.24) is 10.2 Å². The minimum Gasteiger partial charge on any atom is -0.339 e. The molecule has 1 aliphatic carbocycles. The van der Waals surface area contributed by atoms with Crippen molar-refractivity contribution in [2.75, 3.05) is 13.1 Å². The molecule has 1 heterocycles. The average Bonchev–Trinajstić information content (AvgIpc) is 3.08. The van der Waals surface area contributed by atoms with Gasteiger partial charge in [0.2, 0.25) is 0 Å². The maximum Gasteiger partial charge on any atom is 0.253 e. The van der Waals surface area contributed by atoms with Crippen LogP contribution in [-0.2, 0) is 6.54 Å². The second kappa shape index (κ2) is 6.40. The number of rotatable bonds is 4. The molecule has 1 saturated heterocycles. The quantitative estimate of drug-likeness (QED) is 0.919. The summed E-state index contributed by atoms with van der Waals surface area (Å²) in [6, 6.07) is 8.79. The van der Waals surface area contributed by atoms with Crippen LogP contribution in [0.25, 0.3) is 0 Å². The first-order chi connectivity index (χ1) is 8.83. The molecule has 0 radical (unpaired) electrons. The van der Waals surface area contributed by atoms with Crippen molar-refractivity contribution in [2.24, 2.45) is 0 Å². The first-order valence-corrected chi connectivity index (χ1v) is 6.94. The van der Waals surface area contributed by atoms with Crippen LogP contribution < -0.4 is 5.32 Å². The Balaban J connectivity index is 0.00000133. The van der Waals surface area contributed by atoms with Crippen LogP contribution in [-0.4, -0.2) is 29.9 Å². The second-order valence-electron chi connectivity index (χ2n) is 5.35. The van der Waals surface area contributed by atoms with Gasteiger partial charge < -0.3 is 10.2 Å². The molecule has 1 aromatic rings. The van der Waals surface area contributed by atoms with Gasteiger partial charge in [-0.1, -0.05) is 12.1 Å². The van der Waals surface area contributed by atoms with Crippen molar-refractivity contribution >= 4 is 18.3 Å². The maximum atomic E-state index is 12.1. The molecular formula is C15H21ClN2O. The van der Waals surface area contributed by atoms with Crippen LogP contribution in [0.3, 0.4) is 0 Å². The zero-order valence-electron chi connectivity index (χ0n) is 11.1. The van der Waals surface area contributed by atoms with Crippen LogP contribution in [0, 0.1) is 0 Å². The van der Waals surface area contributed by atoms with Crippen LogP contribution >= 0.6 is 12.4 Å². The minimum absolute atomic E-state index is 0. The minimum atomic E-state index is 0. The summed E-state index contributed by atoms with van der Waals surface area (Å²) in [5.41, 5.74) is 2.09. The monoisotopic (exact) mass is 280 g/mol. The fourth-order valence-corrected chi connectivity index (χ4v) is 2.42. The van der Waals surface area contributed by atoms with Gasteiger partial charge in [0.1, 0.15) is 0 Å². The third kappa shape index (κ3) is 3.71. The Morgan fingerprint density at radius 3 is 2.37 bits per heavy atom. The second-order valence-corrected chi connectivity index (χ2v) is 5.35. The summed E-state index contributed by atoms with van der Waals surface area (Å²) < 4.78 is 0. The van der Waals surface area contributed by atoms with Crippen LogP contribution in [0.1, 0.15) is 41.6 Å². The van der Waals surface area contributed by atoms with Gasteiger partial charge in [-0.05, 0) is 43.4 Å². The average molecular weight is 281 g/mol. The van der Waals surface area contributed by atoms with Crippen molar-refractivity contribution < 1.29 is 4.79 Å². The van der Waals surface area contributed by atoms with E-state index in [1.165, 1.54) is 18.4 Å². The standard InChI is InChI=1S/C15H20N2O.ClH/c18-15(17-9-1-2-10-17)13-5-3-12(4-6-13)11-16-14-7-8-14;/h3-6,14,16H,1-2,7-11H2;1H. The summed E-state index contributed by atoms with van der Waals surface area (Å²) in [6.07, 6.45) is 4.92. The lowest BCUT2D eigenvalue weighted by Gasteiger charge is -2.15. The van der Waals surface area contributed by atoms with Gasteiger partial charge in [0.25, 0.3) is 5.91 Å². The molecule has 3 rings (SSSR count). The zero-order valence-corrected chi connectivity index (χ0v) is 11.9. The number of nitrogens with one attached hydrogen (secondary N) is 1. The molecule has 1 aromatic carbocycles. The molecule has 0 aromatic heterocycles. The Bertz CT molecular complexity index is 422. The van der Waals surface area contributed by atoms with Gasteiger partial charge in [-0.3, -0.25) is 4.79 Å². The predicted molar refractivity (Wildman–Crippen MR) is 78.7 cm³/mol. The van der Waals surface area contributed by atoms with Gasteiger partial charge in [-0.25, -0.2) is 0 Å². The molecule has 2 fully saturated rings. The smallest absolute Gasteiger partial charge is 0.253 e. The molecule has 0 atom stereocenters. The number of likely N-dealkylation sites (tertiary alicyclic amines) is 1.